The maximum absolute atomic E-state index is 12.0. The molecule has 1 atom stereocenters. The second kappa shape index (κ2) is 9.77. The van der Waals surface area contributed by atoms with Crippen LogP contribution in [-0.4, -0.2) is 60.4 Å². The molecule has 0 spiro atoms. The molecule has 0 aromatic heterocycles. The van der Waals surface area contributed by atoms with Crippen LogP contribution in [0.25, 0.3) is 0 Å². The minimum Gasteiger partial charge on any atom is -0.353 e. The van der Waals surface area contributed by atoms with Gasteiger partial charge >= 0.3 is 0 Å². The molecule has 1 aliphatic rings. The average Bonchev–Trinajstić information content (AvgIpc) is 2.64. The quantitative estimate of drug-likeness (QED) is 0.727. The van der Waals surface area contributed by atoms with Gasteiger partial charge in [-0.15, -0.1) is 0 Å². The second-order valence-electron chi connectivity index (χ2n) is 6.10. The molecule has 1 heterocycles. The molecule has 1 aliphatic heterocycles. The summed E-state index contributed by atoms with van der Waals surface area (Å²) in [5, 5.41) is 3.08. The van der Waals surface area contributed by atoms with Gasteiger partial charge in [-0.05, 0) is 19.8 Å². The zero-order chi connectivity index (χ0) is 15.7. The van der Waals surface area contributed by atoms with Crippen molar-refractivity contribution in [2.45, 2.75) is 58.9 Å². The highest BCUT2D eigenvalue weighted by molar-refractivity contribution is 5.78. The van der Waals surface area contributed by atoms with E-state index >= 15 is 0 Å². The van der Waals surface area contributed by atoms with Gasteiger partial charge in [0, 0.05) is 39.1 Å². The molecule has 0 aliphatic carbocycles. The predicted octanol–water partition coefficient (Wildman–Crippen LogP) is 1.63. The Kier molecular flexibility index (Phi) is 8.35. The van der Waals surface area contributed by atoms with Crippen LogP contribution in [-0.2, 0) is 9.59 Å². The van der Waals surface area contributed by atoms with E-state index in [0.717, 1.165) is 39.0 Å². The Labute approximate surface area is 129 Å². The van der Waals surface area contributed by atoms with Gasteiger partial charge in [0.15, 0.2) is 0 Å². The lowest BCUT2D eigenvalue weighted by Crippen LogP contribution is -2.42. The van der Waals surface area contributed by atoms with E-state index < -0.39 is 0 Å². The van der Waals surface area contributed by atoms with E-state index in [0.29, 0.717) is 6.54 Å². The fourth-order valence-corrected chi connectivity index (χ4v) is 2.74. The van der Waals surface area contributed by atoms with Crippen molar-refractivity contribution in [2.75, 3.05) is 32.7 Å². The van der Waals surface area contributed by atoms with Crippen molar-refractivity contribution in [2.24, 2.45) is 0 Å². The minimum atomic E-state index is 0.107. The van der Waals surface area contributed by atoms with Gasteiger partial charge in [0.2, 0.25) is 11.8 Å². The van der Waals surface area contributed by atoms with E-state index in [1.807, 2.05) is 4.90 Å². The maximum atomic E-state index is 12.0. The lowest BCUT2D eigenvalue weighted by molar-refractivity contribution is -0.128. The number of hydrogen-bond acceptors (Lipinski definition) is 3. The normalized spacial score (nSPS) is 18.1. The van der Waals surface area contributed by atoms with Crippen LogP contribution in [0.3, 0.4) is 0 Å². The van der Waals surface area contributed by atoms with Gasteiger partial charge in [-0.3, -0.25) is 14.5 Å². The molecule has 1 unspecified atom stereocenters. The zero-order valence-electron chi connectivity index (χ0n) is 13.9. The van der Waals surface area contributed by atoms with Crippen LogP contribution in [0.4, 0.5) is 0 Å². The number of carbonyl (C=O) groups is 2. The summed E-state index contributed by atoms with van der Waals surface area (Å²) >= 11 is 0. The Morgan fingerprint density at radius 1 is 1.14 bits per heavy atom. The van der Waals surface area contributed by atoms with Gasteiger partial charge in [-0.2, -0.15) is 0 Å². The number of nitrogens with one attached hydrogen (secondary N) is 1. The Bertz CT molecular complexity index is 333. The molecule has 2 amide bonds. The summed E-state index contributed by atoms with van der Waals surface area (Å²) in [6.45, 7) is 9.54. The van der Waals surface area contributed by atoms with Gasteiger partial charge < -0.3 is 10.2 Å². The van der Waals surface area contributed by atoms with Crippen molar-refractivity contribution < 1.29 is 9.59 Å². The number of rotatable bonds is 7. The van der Waals surface area contributed by atoms with E-state index in [1.54, 1.807) is 6.92 Å². The highest BCUT2D eigenvalue weighted by Crippen LogP contribution is 2.05. The molecule has 5 heteroatoms. The average molecular weight is 297 g/mol. The van der Waals surface area contributed by atoms with Gasteiger partial charge in [0.1, 0.15) is 0 Å². The molecule has 0 aromatic rings. The van der Waals surface area contributed by atoms with Crippen LogP contribution >= 0.6 is 0 Å². The number of nitrogens with zero attached hydrogens (tertiary/aromatic N) is 2. The van der Waals surface area contributed by atoms with E-state index in [4.69, 9.17) is 0 Å². The van der Waals surface area contributed by atoms with Crippen molar-refractivity contribution in [3.63, 3.8) is 0 Å². The van der Waals surface area contributed by atoms with Gasteiger partial charge in [0.25, 0.3) is 0 Å². The summed E-state index contributed by atoms with van der Waals surface area (Å²) in [6, 6.07) is 0.254. The molecule has 5 nitrogen and oxygen atoms in total. The molecular weight excluding hydrogens is 266 g/mol. The van der Waals surface area contributed by atoms with Crippen LogP contribution in [0.5, 0.6) is 0 Å². The van der Waals surface area contributed by atoms with Crippen LogP contribution in [0.1, 0.15) is 52.9 Å². The lowest BCUT2D eigenvalue weighted by Gasteiger charge is -2.22. The van der Waals surface area contributed by atoms with E-state index in [9.17, 15) is 9.59 Å². The molecular formula is C16H31N3O2. The van der Waals surface area contributed by atoms with Crippen molar-refractivity contribution in [3.05, 3.63) is 0 Å². The molecule has 21 heavy (non-hydrogen) atoms. The predicted molar refractivity (Wildman–Crippen MR) is 85.1 cm³/mol. The fourth-order valence-electron chi connectivity index (χ4n) is 2.74. The molecule has 0 saturated carbocycles. The van der Waals surface area contributed by atoms with Gasteiger partial charge in [0.05, 0.1) is 6.54 Å². The monoisotopic (exact) mass is 297 g/mol. The standard InChI is InChI=1S/C16H31N3O2/c1-4-5-6-8-14(2)17-16(21)13-18-9-7-10-19(12-11-18)15(3)20/h14H,4-13H2,1-3H3,(H,17,21). The molecule has 1 fully saturated rings. The van der Waals surface area contributed by atoms with E-state index in [2.05, 4.69) is 24.1 Å². The fraction of sp³-hybridized carbons (Fsp3) is 0.875. The second-order valence-corrected chi connectivity index (χ2v) is 6.10. The number of unbranched alkanes of at least 4 members (excludes halogenated alkanes) is 2. The van der Waals surface area contributed by atoms with Gasteiger partial charge in [-0.1, -0.05) is 26.2 Å². The summed E-state index contributed by atoms with van der Waals surface area (Å²) in [4.78, 5) is 27.4. The zero-order valence-corrected chi connectivity index (χ0v) is 13.9. The molecule has 0 bridgehead atoms. The molecule has 1 N–H and O–H groups in total. The Balaban J connectivity index is 2.26. The van der Waals surface area contributed by atoms with Gasteiger partial charge in [-0.25, -0.2) is 0 Å². The Morgan fingerprint density at radius 2 is 1.90 bits per heavy atom. The van der Waals surface area contributed by atoms with Crippen molar-refractivity contribution in [1.82, 2.24) is 15.1 Å². The topological polar surface area (TPSA) is 52.7 Å². The van der Waals surface area contributed by atoms with E-state index in [1.165, 1.54) is 19.3 Å². The first kappa shape index (κ1) is 18.0. The number of carbonyl (C=O) groups excluding carboxylic acids is 2. The Hall–Kier alpha value is -1.10. The van der Waals surface area contributed by atoms with Crippen molar-refractivity contribution >= 4 is 11.8 Å². The largest absolute Gasteiger partial charge is 0.353 e. The van der Waals surface area contributed by atoms with Crippen molar-refractivity contribution in [1.29, 1.82) is 0 Å². The highest BCUT2D eigenvalue weighted by Gasteiger charge is 2.18. The van der Waals surface area contributed by atoms with E-state index in [-0.39, 0.29) is 17.9 Å². The smallest absolute Gasteiger partial charge is 0.234 e. The van der Waals surface area contributed by atoms with Crippen LogP contribution in [0, 0.1) is 0 Å². The first-order chi connectivity index (χ1) is 10.0. The molecule has 1 saturated heterocycles. The molecule has 1 rings (SSSR count). The molecule has 0 aromatic carbocycles. The number of amides is 2. The lowest BCUT2D eigenvalue weighted by atomic mass is 10.1. The maximum Gasteiger partial charge on any atom is 0.234 e. The third-order valence-corrected chi connectivity index (χ3v) is 4.05. The van der Waals surface area contributed by atoms with Crippen molar-refractivity contribution in [3.8, 4) is 0 Å². The first-order valence-electron chi connectivity index (χ1n) is 8.30. The summed E-state index contributed by atoms with van der Waals surface area (Å²) in [7, 11) is 0. The highest BCUT2D eigenvalue weighted by atomic mass is 16.2. The Morgan fingerprint density at radius 3 is 2.57 bits per heavy atom. The minimum absolute atomic E-state index is 0.107. The summed E-state index contributed by atoms with van der Waals surface area (Å²) in [5.41, 5.74) is 0. The van der Waals surface area contributed by atoms with Crippen LogP contribution in [0.15, 0.2) is 0 Å². The number of hydrogen-bond donors (Lipinski definition) is 1. The summed E-state index contributed by atoms with van der Waals surface area (Å²) < 4.78 is 0. The van der Waals surface area contributed by atoms with Crippen LogP contribution < -0.4 is 5.32 Å². The third-order valence-electron chi connectivity index (χ3n) is 4.05. The molecule has 122 valence electrons. The first-order valence-corrected chi connectivity index (χ1v) is 8.30. The summed E-state index contributed by atoms with van der Waals surface area (Å²) in [5.74, 6) is 0.237. The SMILES string of the molecule is CCCCCC(C)NC(=O)CN1CCCN(C(C)=O)CC1. The third kappa shape index (κ3) is 7.46. The molecule has 0 radical (unpaired) electrons. The van der Waals surface area contributed by atoms with Crippen LogP contribution in [0.2, 0.25) is 0 Å². The summed E-state index contributed by atoms with van der Waals surface area (Å²) in [6.07, 6.45) is 5.61.